The summed E-state index contributed by atoms with van der Waals surface area (Å²) < 4.78 is 14.6. The van der Waals surface area contributed by atoms with Gasteiger partial charge in [0, 0.05) is 30.0 Å². The zero-order valence-corrected chi connectivity index (χ0v) is 19.4. The van der Waals surface area contributed by atoms with Crippen LogP contribution in [0, 0.1) is 0 Å². The minimum absolute atomic E-state index is 0.0499. The fourth-order valence-electron chi connectivity index (χ4n) is 3.35. The largest absolute Gasteiger partial charge is 0.486 e. The minimum Gasteiger partial charge on any atom is -0.486 e. The molecule has 0 saturated carbocycles. The van der Waals surface area contributed by atoms with Crippen LogP contribution in [0.15, 0.2) is 41.4 Å². The van der Waals surface area contributed by atoms with E-state index in [1.165, 1.54) is 16.9 Å². The smallest absolute Gasteiger partial charge is 0.279 e. The Balaban J connectivity index is 1.76. The number of aryl methyl sites for hydroxylation is 1. The van der Waals surface area contributed by atoms with Crippen LogP contribution in [0.5, 0.6) is 11.5 Å². The molecule has 158 valence electrons. The molecule has 0 N–H and O–H groups in total. The summed E-state index contributed by atoms with van der Waals surface area (Å²) in [5.41, 5.74) is 2.87. The number of hydrogen-bond acceptors (Lipinski definition) is 5. The third-order valence-electron chi connectivity index (χ3n) is 5.06. The van der Waals surface area contributed by atoms with Crippen molar-refractivity contribution in [1.29, 1.82) is 0 Å². The van der Waals surface area contributed by atoms with Crippen molar-refractivity contribution in [3.63, 3.8) is 0 Å². The molecule has 1 aromatic heterocycles. The number of nitrogens with zero attached hydrogens (tertiary/aromatic N) is 2. The summed E-state index contributed by atoms with van der Waals surface area (Å²) >= 11 is 3.27. The molecule has 2 heterocycles. The van der Waals surface area contributed by atoms with Crippen LogP contribution in [0.4, 0.5) is 0 Å². The standard InChI is InChI=1S/C23H26N2O3S2/c1-23(2,3)16-7-5-15(6-8-16)21(26)24-22-25(9-12-29-4)17-13-18-19(14-20(17)30-22)28-11-10-27-18/h5-8,13-14H,9-12H2,1-4H3. The molecule has 0 radical (unpaired) electrons. The average Bonchev–Trinajstić information content (AvgIpc) is 3.05. The Kier molecular flexibility index (Phi) is 5.93. The van der Waals surface area contributed by atoms with E-state index in [2.05, 4.69) is 36.6 Å². The fourth-order valence-corrected chi connectivity index (χ4v) is 4.78. The van der Waals surface area contributed by atoms with Gasteiger partial charge < -0.3 is 14.0 Å². The maximum Gasteiger partial charge on any atom is 0.279 e. The van der Waals surface area contributed by atoms with Crippen LogP contribution in [0.1, 0.15) is 36.7 Å². The fraction of sp³-hybridized carbons (Fsp3) is 0.391. The van der Waals surface area contributed by atoms with Crippen molar-refractivity contribution in [3.05, 3.63) is 52.3 Å². The number of hydrogen-bond donors (Lipinski definition) is 0. The van der Waals surface area contributed by atoms with Crippen LogP contribution in [0.3, 0.4) is 0 Å². The number of carbonyl (C=O) groups excluding carboxylic acids is 1. The van der Waals surface area contributed by atoms with E-state index in [4.69, 9.17) is 9.47 Å². The lowest BCUT2D eigenvalue weighted by atomic mass is 9.87. The predicted molar refractivity (Wildman–Crippen MR) is 124 cm³/mol. The van der Waals surface area contributed by atoms with E-state index < -0.39 is 0 Å². The van der Waals surface area contributed by atoms with Gasteiger partial charge in [-0.3, -0.25) is 4.79 Å². The second-order valence-corrected chi connectivity index (χ2v) is 10.2. The number of benzene rings is 2. The topological polar surface area (TPSA) is 52.8 Å². The van der Waals surface area contributed by atoms with Gasteiger partial charge in [0.2, 0.25) is 0 Å². The Morgan fingerprint density at radius 1 is 1.13 bits per heavy atom. The molecule has 1 amide bonds. The van der Waals surface area contributed by atoms with E-state index in [1.807, 2.05) is 36.4 Å². The Morgan fingerprint density at radius 3 is 2.43 bits per heavy atom. The van der Waals surface area contributed by atoms with Crippen LogP contribution in [0.2, 0.25) is 0 Å². The number of ether oxygens (including phenoxy) is 2. The Labute approximate surface area is 184 Å². The van der Waals surface area contributed by atoms with Gasteiger partial charge in [0.15, 0.2) is 16.3 Å². The number of carbonyl (C=O) groups is 1. The van der Waals surface area contributed by atoms with Crippen LogP contribution >= 0.6 is 23.1 Å². The van der Waals surface area contributed by atoms with Gasteiger partial charge in [0.05, 0.1) is 10.2 Å². The number of thiazole rings is 1. The van der Waals surface area contributed by atoms with Gasteiger partial charge in [-0.15, -0.1) is 0 Å². The molecule has 1 aliphatic heterocycles. The molecule has 1 aliphatic rings. The third-order valence-corrected chi connectivity index (χ3v) is 6.69. The SMILES string of the molecule is CSCCn1c(=NC(=O)c2ccc(C(C)(C)C)cc2)sc2cc3c(cc21)OCCO3. The van der Waals surface area contributed by atoms with Crippen LogP contribution in [-0.2, 0) is 12.0 Å². The van der Waals surface area contributed by atoms with E-state index in [0.29, 0.717) is 23.6 Å². The first-order chi connectivity index (χ1) is 14.4. The molecule has 0 atom stereocenters. The van der Waals surface area contributed by atoms with Gasteiger partial charge in [0.1, 0.15) is 13.2 Å². The summed E-state index contributed by atoms with van der Waals surface area (Å²) in [7, 11) is 0. The van der Waals surface area contributed by atoms with Gasteiger partial charge in [-0.2, -0.15) is 16.8 Å². The van der Waals surface area contributed by atoms with Crippen LogP contribution in [-0.4, -0.2) is 35.7 Å². The first kappa shape index (κ1) is 21.0. The van der Waals surface area contributed by atoms with E-state index in [1.54, 1.807) is 11.8 Å². The third kappa shape index (κ3) is 4.27. The highest BCUT2D eigenvalue weighted by Gasteiger charge is 2.18. The zero-order chi connectivity index (χ0) is 21.3. The van der Waals surface area contributed by atoms with Crippen molar-refractivity contribution in [2.45, 2.75) is 32.7 Å². The number of rotatable bonds is 4. The van der Waals surface area contributed by atoms with E-state index in [0.717, 1.165) is 34.0 Å². The number of amides is 1. The highest BCUT2D eigenvalue weighted by Crippen LogP contribution is 2.35. The average molecular weight is 443 g/mol. The Bertz CT molecular complexity index is 1140. The maximum atomic E-state index is 12.9. The van der Waals surface area contributed by atoms with E-state index in [-0.39, 0.29) is 11.3 Å². The molecule has 2 aromatic carbocycles. The molecule has 3 aromatic rings. The number of thioether (sulfide) groups is 1. The minimum atomic E-state index is -0.225. The Hall–Kier alpha value is -2.25. The lowest BCUT2D eigenvalue weighted by molar-refractivity contribution is 0.0998. The summed E-state index contributed by atoms with van der Waals surface area (Å²) in [5.74, 6) is 2.21. The molecular formula is C23H26N2O3S2. The highest BCUT2D eigenvalue weighted by atomic mass is 32.2. The molecule has 0 spiro atoms. The van der Waals surface area contributed by atoms with Gasteiger partial charge in [-0.05, 0) is 29.4 Å². The van der Waals surface area contributed by atoms with Crippen LogP contribution < -0.4 is 14.3 Å². The molecule has 5 nitrogen and oxygen atoms in total. The normalized spacial score (nSPS) is 14.3. The lowest BCUT2D eigenvalue weighted by Gasteiger charge is -2.18. The molecule has 30 heavy (non-hydrogen) atoms. The van der Waals surface area contributed by atoms with E-state index in [9.17, 15) is 4.79 Å². The summed E-state index contributed by atoms with van der Waals surface area (Å²) in [4.78, 5) is 18.1. The van der Waals surface area contributed by atoms with E-state index >= 15 is 0 Å². The summed E-state index contributed by atoms with van der Waals surface area (Å²) in [5, 5.41) is 0. The molecule has 0 saturated heterocycles. The van der Waals surface area contributed by atoms with Crippen molar-refractivity contribution in [1.82, 2.24) is 4.57 Å². The molecule has 0 fully saturated rings. The predicted octanol–water partition coefficient (Wildman–Crippen LogP) is 4.88. The summed E-state index contributed by atoms with van der Waals surface area (Å²) in [6.45, 7) is 8.35. The lowest BCUT2D eigenvalue weighted by Crippen LogP contribution is -2.19. The van der Waals surface area contributed by atoms with Gasteiger partial charge in [0.25, 0.3) is 5.91 Å². The quantitative estimate of drug-likeness (QED) is 0.578. The molecule has 0 aliphatic carbocycles. The van der Waals surface area contributed by atoms with Gasteiger partial charge >= 0.3 is 0 Å². The molecule has 4 rings (SSSR count). The van der Waals surface area contributed by atoms with Crippen molar-refractivity contribution in [2.24, 2.45) is 4.99 Å². The van der Waals surface area contributed by atoms with Crippen molar-refractivity contribution < 1.29 is 14.3 Å². The number of aromatic nitrogens is 1. The molecule has 0 unspecified atom stereocenters. The maximum absolute atomic E-state index is 12.9. The first-order valence-corrected chi connectivity index (χ1v) is 12.2. The second-order valence-electron chi connectivity index (χ2n) is 8.24. The zero-order valence-electron chi connectivity index (χ0n) is 17.7. The van der Waals surface area contributed by atoms with Crippen molar-refractivity contribution >= 4 is 39.2 Å². The summed E-state index contributed by atoms with van der Waals surface area (Å²) in [6.07, 6.45) is 2.08. The molecule has 0 bridgehead atoms. The van der Waals surface area contributed by atoms with Gasteiger partial charge in [-0.1, -0.05) is 44.2 Å². The second kappa shape index (κ2) is 8.47. The number of fused-ring (bicyclic) bond motifs is 2. The highest BCUT2D eigenvalue weighted by molar-refractivity contribution is 7.98. The molecular weight excluding hydrogens is 416 g/mol. The monoisotopic (exact) mass is 442 g/mol. The summed E-state index contributed by atoms with van der Waals surface area (Å²) in [6, 6.07) is 11.8. The van der Waals surface area contributed by atoms with Crippen molar-refractivity contribution in [3.8, 4) is 11.5 Å². The van der Waals surface area contributed by atoms with Crippen molar-refractivity contribution in [2.75, 3.05) is 25.2 Å². The van der Waals surface area contributed by atoms with Crippen LogP contribution in [0.25, 0.3) is 10.2 Å². The first-order valence-electron chi connectivity index (χ1n) is 9.98. The van der Waals surface area contributed by atoms with Gasteiger partial charge in [-0.25, -0.2) is 0 Å². The Morgan fingerprint density at radius 2 is 1.80 bits per heavy atom. The molecule has 7 heteroatoms.